The van der Waals surface area contributed by atoms with E-state index >= 15 is 0 Å². The third-order valence-corrected chi connectivity index (χ3v) is 12.4. The fourth-order valence-corrected chi connectivity index (χ4v) is 8.94. The van der Waals surface area contributed by atoms with Crippen LogP contribution in [0.15, 0.2) is 0 Å². The van der Waals surface area contributed by atoms with Crippen LogP contribution in [0.3, 0.4) is 0 Å². The van der Waals surface area contributed by atoms with Gasteiger partial charge in [0.2, 0.25) is 0 Å². The predicted molar refractivity (Wildman–Crippen MR) is 203 cm³/mol. The average molecular weight is 1240 g/mol. The molecule has 0 heterocycles. The molecule has 0 aromatic carbocycles. The second-order valence-electron chi connectivity index (χ2n) is 11.4. The van der Waals surface area contributed by atoms with E-state index in [9.17, 15) is 8.63 Å². The van der Waals surface area contributed by atoms with E-state index in [4.69, 9.17) is 12.8 Å². The van der Waals surface area contributed by atoms with E-state index in [-0.39, 0.29) is 96.4 Å². The summed E-state index contributed by atoms with van der Waals surface area (Å²) in [5.74, 6) is 8.01. The maximum absolute atomic E-state index is 11.6. The van der Waals surface area contributed by atoms with E-state index in [1.165, 1.54) is 89.4 Å². The van der Waals surface area contributed by atoms with Crippen LogP contribution in [0, 0.1) is 124 Å². The number of terminal acetylenes is 4. The molecule has 8 atom stereocenters. The quantitative estimate of drug-likeness (QED) is 0.0886. The maximum Gasteiger partial charge on any atom is 0.357 e. The Morgan fingerprint density at radius 1 is 0.565 bits per heavy atom. The first-order valence-electron chi connectivity index (χ1n) is 15.9. The minimum atomic E-state index is 0. The van der Waals surface area contributed by atoms with Gasteiger partial charge in [0.1, 0.15) is 0 Å². The Kier molecular flexibility index (Phi) is 63.9. The topological polar surface area (TPSA) is 0 Å². The van der Waals surface area contributed by atoms with Crippen LogP contribution in [0.4, 0.5) is 8.63 Å². The van der Waals surface area contributed by atoms with Gasteiger partial charge in [-0.25, -0.2) is 0 Å². The molecule has 0 nitrogen and oxygen atoms in total. The summed E-state index contributed by atoms with van der Waals surface area (Å²) in [6, 6.07) is 0. The summed E-state index contributed by atoms with van der Waals surface area (Å²) in [6.45, 7) is 0. The Hall–Kier alpha value is 3.09. The van der Waals surface area contributed by atoms with Crippen molar-refractivity contribution < 1.29 is 105 Å². The summed E-state index contributed by atoms with van der Waals surface area (Å²) in [4.78, 5) is 0. The largest absolute Gasteiger partial charge is 0.357 e. The monoisotopic (exact) mass is 1240 g/mol. The first-order chi connectivity index (χ1) is 20.5. The Morgan fingerprint density at radius 3 is 1.07 bits per heavy atom. The number of hydrogen-bond donors (Lipinski definition) is 0. The molecule has 4 saturated carbocycles. The third kappa shape index (κ3) is 35.5. The van der Waals surface area contributed by atoms with Crippen LogP contribution in [0.2, 0.25) is 11.6 Å². The van der Waals surface area contributed by atoms with Crippen molar-refractivity contribution in [1.29, 1.82) is 0 Å². The van der Waals surface area contributed by atoms with Crippen LogP contribution >= 0.6 is 35.6 Å². The molecule has 4 rings (SSSR count). The van der Waals surface area contributed by atoms with Crippen molar-refractivity contribution in [1.82, 2.24) is 0 Å². The first-order valence-corrected chi connectivity index (χ1v) is 20.0. The summed E-state index contributed by atoms with van der Waals surface area (Å²) in [5.41, 5.74) is 1.81. The van der Waals surface area contributed by atoms with Crippen LogP contribution in [0.25, 0.3) is 0 Å². The van der Waals surface area contributed by atoms with E-state index in [2.05, 4.69) is 56.0 Å². The summed E-state index contributed by atoms with van der Waals surface area (Å²) in [6.07, 6.45) is 51.8. The van der Waals surface area contributed by atoms with Crippen molar-refractivity contribution in [2.75, 3.05) is 24.6 Å². The minimum Gasteiger partial charge on any atom is -0.342 e. The molecule has 0 aromatic heterocycles. The van der Waals surface area contributed by atoms with Gasteiger partial charge in [-0.3, -0.25) is 0 Å². The zero-order valence-corrected chi connectivity index (χ0v) is 42.7. The maximum atomic E-state index is 11.6. The zero-order valence-electron chi connectivity index (χ0n) is 27.8. The number of rotatable bonds is 10. The van der Waals surface area contributed by atoms with Gasteiger partial charge in [-0.05, 0) is 85.6 Å². The summed E-state index contributed by atoms with van der Waals surface area (Å²) in [5, 5.41) is 0. The van der Waals surface area contributed by atoms with Crippen molar-refractivity contribution in [3.05, 3.63) is 0 Å². The number of halogens is 2. The second kappa shape index (κ2) is 48.1. The molecule has 0 saturated heterocycles. The molecule has 0 N–H and O–H groups in total. The first kappa shape index (κ1) is 61.1. The van der Waals surface area contributed by atoms with Crippen molar-refractivity contribution in [2.45, 2.75) is 126 Å². The molecule has 0 aromatic rings. The Labute approximate surface area is 364 Å². The van der Waals surface area contributed by atoms with Gasteiger partial charge in [0, 0.05) is 109 Å². The summed E-state index contributed by atoms with van der Waals surface area (Å²) >= 11 is 0. The molecule has 258 valence electrons. The predicted octanol–water partition coefficient (Wildman–Crippen LogP) is 9.83. The van der Waals surface area contributed by atoms with Gasteiger partial charge in [0.25, 0.3) is 0 Å². The fourth-order valence-electron chi connectivity index (χ4n) is 5.91. The third-order valence-electron chi connectivity index (χ3n) is 8.43. The molecule has 0 spiro atoms. The van der Waals surface area contributed by atoms with Gasteiger partial charge in [-0.1, -0.05) is 64.2 Å². The van der Waals surface area contributed by atoms with Gasteiger partial charge >= 0.3 is 15.1 Å². The molecule has 0 bridgehead atoms. The average Bonchev–Trinajstić information content (AvgIpc) is 3.87. The van der Waals surface area contributed by atoms with Gasteiger partial charge in [-0.2, -0.15) is 0 Å². The van der Waals surface area contributed by atoms with Crippen LogP contribution in [-0.4, -0.2) is 51.1 Å². The van der Waals surface area contributed by atoms with E-state index in [0.29, 0.717) is 11.6 Å². The van der Waals surface area contributed by atoms with Crippen molar-refractivity contribution >= 4 is 50.8 Å². The van der Waals surface area contributed by atoms with Crippen LogP contribution in [0.5, 0.6) is 0 Å². The molecule has 4 aliphatic carbocycles. The van der Waals surface area contributed by atoms with E-state index in [0.717, 1.165) is 93.4 Å². The molecule has 2 radical (unpaired) electrons. The molecule has 0 aliphatic heterocycles. The van der Waals surface area contributed by atoms with Crippen LogP contribution in [0.1, 0.15) is 103 Å². The number of hydrogen-bond acceptors (Lipinski definition) is 0. The minimum absolute atomic E-state index is 0. The summed E-state index contributed by atoms with van der Waals surface area (Å²) in [7, 11) is 9.68. The van der Waals surface area contributed by atoms with Gasteiger partial charge < -0.3 is 8.63 Å². The van der Waals surface area contributed by atoms with E-state index in [1.807, 2.05) is 0 Å². The normalized spacial score (nSPS) is 22.6. The zero-order chi connectivity index (χ0) is 31.8. The smallest absolute Gasteiger partial charge is 0.342 e. The Balaban J connectivity index is -0.000000111. The Morgan fingerprint density at radius 2 is 0.870 bits per heavy atom. The van der Waals surface area contributed by atoms with Crippen molar-refractivity contribution in [3.63, 3.8) is 0 Å². The molecule has 46 heavy (non-hydrogen) atoms. The van der Waals surface area contributed by atoms with Gasteiger partial charge in [-0.15, -0.1) is 86.0 Å². The molecule has 0 amide bonds. The van der Waals surface area contributed by atoms with Gasteiger partial charge in [0.15, 0.2) is 0 Å². The molecule has 4 aliphatic rings. The van der Waals surface area contributed by atoms with Crippen molar-refractivity contribution in [3.8, 4) is 50.4 Å². The van der Waals surface area contributed by atoms with Gasteiger partial charge in [0.05, 0.1) is 0 Å². The Bertz CT molecular complexity index is 673. The molecule has 12 heteroatoms. The van der Waals surface area contributed by atoms with Crippen LogP contribution in [-0.2, 0) is 34.1 Å². The standard InChI is InChI=1S/2C10H18P2.2C5H9BF.2C2H2.2Fe.2U/c2*1-2-7-12-8-6-9-4-3-5-10(9)11;2*7-6-5-3-1-2-4-5;2*1-2;;;;/h2*1,9-10,12H,3-8,11H2;2*5H,1-4H2;2*1-2H;;;;. The molecule has 4 fully saturated rings. The van der Waals surface area contributed by atoms with E-state index < -0.39 is 0 Å². The second-order valence-corrected chi connectivity index (χ2v) is 15.8. The van der Waals surface area contributed by atoms with Crippen molar-refractivity contribution in [2.24, 2.45) is 11.8 Å². The molecular weight excluding hydrogens is 1180 g/mol. The fraction of sp³-hybridized carbons (Fsp3) is 0.765. The summed E-state index contributed by atoms with van der Waals surface area (Å²) < 4.78 is 23.1. The van der Waals surface area contributed by atoms with Crippen LogP contribution < -0.4 is 0 Å². The molecular formula is C34H58B2F2Fe2P4U2. The molecule has 8 unspecified atom stereocenters. The van der Waals surface area contributed by atoms with E-state index in [1.54, 1.807) is 0 Å². The SMILES string of the molecule is C#C.C#C.C#CCPCCC1CCCC1P.C#CCPCCC1CCCC1P.F[B]C1CCCC1.F[B]C1CCCC1.[Fe].[Fe].[U].[U].